The number of esters is 1. The van der Waals surface area contributed by atoms with Crippen LogP contribution in [0.15, 0.2) is 11.6 Å². The largest absolute Gasteiger partial charge is 0.432 e. The van der Waals surface area contributed by atoms with Crippen molar-refractivity contribution in [3.8, 4) is 0 Å². The summed E-state index contributed by atoms with van der Waals surface area (Å²) in [7, 11) is 0. The summed E-state index contributed by atoms with van der Waals surface area (Å²) < 4.78 is 83.6. The van der Waals surface area contributed by atoms with Gasteiger partial charge in [-0.05, 0) is 90.8 Å². The molecule has 37 nitrogen and oxygen atoms in total. The van der Waals surface area contributed by atoms with Crippen molar-refractivity contribution in [2.75, 3.05) is 52.9 Å². The van der Waals surface area contributed by atoms with Gasteiger partial charge in [0.2, 0.25) is 12.2 Å². The van der Waals surface area contributed by atoms with Crippen molar-refractivity contribution in [2.45, 2.75) is 309 Å². The average Bonchev–Trinajstić information content (AvgIpc) is 0.883. The van der Waals surface area contributed by atoms with Gasteiger partial charge in [-0.25, -0.2) is 0 Å². The number of allylic oxidation sites excluding steroid dienone is 1. The number of carbonyl (C=O) groups is 2. The lowest BCUT2D eigenvalue weighted by Crippen LogP contribution is -2.73. The number of ether oxygens (including phenoxy) is 14. The number of aliphatic hydroxyl groups excluding tert-OH is 19. The SMILES string of the molecule is CC(=O)N[C@H]1[C@H](O[C@H]2CC[C@@]3(C)C(CC[C@]4(C)C3CC=C3C5CC(C)(C)CC[C@]5(C(=O)O[C@@H]5O[C@H](CO)[C@@H](O)[C@H](O)[C@H]5O[C@@H]5OC[C@@H](O)[C@H](O[C@@H]6OC[C@](O)(CO)[C@H]6O)[C@H]5O)[C@H](O)[C@H](O)[C@]34C)C2(C)C)O[C@H](CO[C@@H]2OC[C@H](O)[C@H](O[C@@H]3OC[C@@H](O)[C@H](O)[C@H]3O)[C@H]2O)[C@@H](O[C@@H]2O[C@H](CO)[C@@H](O)[C@H](O)[C@H]2O)[C@@H]1O. The normalized spacial score (nSPS) is 53.3. The number of hydrogen-bond acceptors (Lipinski definition) is 36. The summed E-state index contributed by atoms with van der Waals surface area (Å²) in [5, 5.41) is 225. The van der Waals surface area contributed by atoms with Gasteiger partial charge in [0.1, 0.15) is 139 Å². The summed E-state index contributed by atoms with van der Waals surface area (Å²) in [6.45, 7) is 10.1. The number of fused-ring (bicyclic) bond motifs is 7. The second-order valence-electron chi connectivity index (χ2n) is 34.0. The molecular formula is C70H113NO36. The first-order valence-corrected chi connectivity index (χ1v) is 37.1. The highest BCUT2D eigenvalue weighted by Crippen LogP contribution is 2.76. The van der Waals surface area contributed by atoms with E-state index in [1.54, 1.807) is 0 Å². The third kappa shape index (κ3) is 14.5. The van der Waals surface area contributed by atoms with Crippen molar-refractivity contribution in [1.82, 2.24) is 5.32 Å². The first-order valence-electron chi connectivity index (χ1n) is 37.1. The Kier molecular flexibility index (Phi) is 24.7. The number of aliphatic hydroxyl groups is 20. The molecule has 11 fully saturated rings. The minimum absolute atomic E-state index is 0.0217. The van der Waals surface area contributed by atoms with E-state index in [4.69, 9.17) is 66.3 Å². The second-order valence-corrected chi connectivity index (χ2v) is 34.0. The molecule has 7 saturated heterocycles. The van der Waals surface area contributed by atoms with Crippen molar-refractivity contribution in [1.29, 1.82) is 0 Å². The first-order chi connectivity index (χ1) is 50.2. The lowest BCUT2D eigenvalue weighted by molar-refractivity contribution is -0.364. The van der Waals surface area contributed by atoms with E-state index in [0.29, 0.717) is 44.9 Å². The van der Waals surface area contributed by atoms with Crippen LogP contribution in [-0.4, -0.2) is 369 Å². The summed E-state index contributed by atoms with van der Waals surface area (Å²) in [5.41, 5.74) is -7.18. The molecule has 37 heteroatoms. The highest BCUT2D eigenvalue weighted by atomic mass is 16.8. The van der Waals surface area contributed by atoms with Crippen LogP contribution < -0.4 is 5.32 Å². The van der Waals surface area contributed by atoms with Crippen molar-refractivity contribution >= 4 is 11.9 Å². The van der Waals surface area contributed by atoms with Crippen LogP contribution in [0.1, 0.15) is 107 Å². The molecule has 5 aliphatic carbocycles. The third-order valence-electron chi connectivity index (χ3n) is 26.8. The summed E-state index contributed by atoms with van der Waals surface area (Å²) >= 11 is 0. The maximum atomic E-state index is 15.7. The molecule has 1 amide bonds. The number of carbonyl (C=O) groups excluding carboxylic acids is 2. The van der Waals surface area contributed by atoms with Gasteiger partial charge in [-0.1, -0.05) is 60.1 Å². The van der Waals surface area contributed by atoms with Gasteiger partial charge in [0.05, 0.1) is 71.2 Å². The Morgan fingerprint density at radius 2 is 1.07 bits per heavy atom. The zero-order valence-electron chi connectivity index (χ0n) is 61.1. The van der Waals surface area contributed by atoms with Crippen LogP contribution in [0.4, 0.5) is 0 Å². The summed E-state index contributed by atoms with van der Waals surface area (Å²) in [4.78, 5) is 29.0. The van der Waals surface area contributed by atoms with Crippen LogP contribution in [0.25, 0.3) is 0 Å². The van der Waals surface area contributed by atoms with Gasteiger partial charge in [0, 0.05) is 12.3 Å². The topological polar surface area (TPSA) is 580 Å². The lowest BCUT2D eigenvalue weighted by Gasteiger charge is -2.72. The fourth-order valence-corrected chi connectivity index (χ4v) is 20.3. The molecule has 0 spiro atoms. The molecule has 107 heavy (non-hydrogen) atoms. The van der Waals surface area contributed by atoms with E-state index in [1.807, 2.05) is 34.6 Å². The fourth-order valence-electron chi connectivity index (χ4n) is 20.3. The van der Waals surface area contributed by atoms with Crippen LogP contribution in [0.3, 0.4) is 0 Å². The Hall–Kier alpha value is -2.64. The van der Waals surface area contributed by atoms with Crippen LogP contribution in [-0.2, 0) is 75.9 Å². The Labute approximate surface area is 617 Å². The summed E-state index contributed by atoms with van der Waals surface area (Å²) in [6.07, 6.45) is -48.4. The molecule has 7 aliphatic heterocycles. The lowest BCUT2D eigenvalue weighted by atomic mass is 9.32. The molecule has 7 heterocycles. The standard InChI is InChI=1S/C70H113NO36/c1-26(75)71-38-42(82)51(105-60-46(86)43(83)40(80)32(18-72)99-60)34(23-97-57-47(87)49(30(77)21-94-57)103-58-45(85)39(79)29(76)20-95-58)101-56(38)102-37-12-13-66(6)35(65(37,4)5)11-14-67(7)36(66)10-9-27-28-17-64(2,3)15-16-70(28,54(90)53(89)68(27,67)8)63(92)107-61-52(44(84)41(81)33(19-73)100-61)106-59-48(88)50(31(78)22-96-59)104-62-55(91)69(93,24-74)25-98-62/h9,28-62,72-74,76-91,93H,10-25H2,1-8H3,(H,71,75)/t28?,29-,30+,31-,32-,33-,34-,35?,36?,37+,38-,39+,40-,41-,42-,43+,44+,45-,46-,47-,48-,49+,50+,51-,52-,53+,54-,55+,56+,57+,58+,59+,60+,61+,62+,66+,67-,68+,69-,70-/m1/s1. The van der Waals surface area contributed by atoms with Gasteiger partial charge in [-0.3, -0.25) is 9.59 Å². The van der Waals surface area contributed by atoms with Crippen LogP contribution in [0, 0.1) is 50.2 Å². The van der Waals surface area contributed by atoms with Crippen molar-refractivity contribution in [3.05, 3.63) is 11.6 Å². The predicted molar refractivity (Wildman–Crippen MR) is 351 cm³/mol. The molecule has 0 radical (unpaired) electrons. The zero-order chi connectivity index (χ0) is 78.1. The Morgan fingerprint density at radius 1 is 0.514 bits per heavy atom. The van der Waals surface area contributed by atoms with Gasteiger partial charge >= 0.3 is 5.97 Å². The Bertz CT molecular complexity index is 3100. The average molecular weight is 1540 g/mol. The van der Waals surface area contributed by atoms with E-state index < -0.39 is 305 Å². The first kappa shape index (κ1) is 83.8. The molecule has 12 aliphatic rings. The fraction of sp³-hybridized carbons (Fsp3) is 0.943. The minimum Gasteiger partial charge on any atom is -0.432 e. The molecule has 0 bridgehead atoms. The Morgan fingerprint density at radius 3 is 1.70 bits per heavy atom. The number of amides is 1. The van der Waals surface area contributed by atoms with Crippen molar-refractivity contribution < 1.29 is 178 Å². The van der Waals surface area contributed by atoms with E-state index in [9.17, 15) is 107 Å². The molecule has 0 aromatic heterocycles. The molecule has 4 saturated carbocycles. The highest BCUT2D eigenvalue weighted by Gasteiger charge is 2.75. The Balaban J connectivity index is 0.793. The molecule has 614 valence electrons. The van der Waals surface area contributed by atoms with Gasteiger partial charge in [-0.2, -0.15) is 0 Å². The van der Waals surface area contributed by atoms with Crippen LogP contribution in [0.5, 0.6) is 0 Å². The molecule has 12 rings (SSSR count). The van der Waals surface area contributed by atoms with Crippen LogP contribution in [0.2, 0.25) is 0 Å². The molecule has 21 N–H and O–H groups in total. The van der Waals surface area contributed by atoms with E-state index in [2.05, 4.69) is 25.2 Å². The predicted octanol–water partition coefficient (Wildman–Crippen LogP) is -7.92. The van der Waals surface area contributed by atoms with Gasteiger partial charge in [0.15, 0.2) is 43.8 Å². The molecule has 0 aromatic carbocycles. The number of hydrogen-bond donors (Lipinski definition) is 21. The minimum atomic E-state index is -2.14. The van der Waals surface area contributed by atoms with Crippen molar-refractivity contribution in [2.24, 2.45) is 50.2 Å². The van der Waals surface area contributed by atoms with Crippen LogP contribution >= 0.6 is 0 Å². The monoisotopic (exact) mass is 1540 g/mol. The van der Waals surface area contributed by atoms with Gasteiger partial charge in [0.25, 0.3) is 0 Å². The maximum Gasteiger partial charge on any atom is 0.317 e. The number of nitrogens with one attached hydrogen (secondary N) is 1. The van der Waals surface area contributed by atoms with E-state index >= 15 is 4.79 Å². The molecule has 0 aromatic rings. The van der Waals surface area contributed by atoms with E-state index in [-0.39, 0.29) is 18.3 Å². The summed E-state index contributed by atoms with van der Waals surface area (Å²) in [5.74, 6) is -2.92. The van der Waals surface area contributed by atoms with Crippen molar-refractivity contribution in [3.63, 3.8) is 0 Å². The summed E-state index contributed by atoms with van der Waals surface area (Å²) in [6, 6.07) is -1.47. The highest BCUT2D eigenvalue weighted by molar-refractivity contribution is 5.80. The maximum absolute atomic E-state index is 15.7. The third-order valence-corrected chi connectivity index (χ3v) is 26.8. The molecule has 40 atom stereocenters. The molecule has 3 unspecified atom stereocenters. The quantitative estimate of drug-likeness (QED) is 0.0324. The smallest absolute Gasteiger partial charge is 0.317 e. The van der Waals surface area contributed by atoms with Gasteiger partial charge < -0.3 is 174 Å². The second kappa shape index (κ2) is 31.5. The van der Waals surface area contributed by atoms with E-state index in [0.717, 1.165) is 5.57 Å². The van der Waals surface area contributed by atoms with E-state index in [1.165, 1.54) is 6.92 Å². The molecular weight excluding hydrogens is 1430 g/mol. The number of rotatable bonds is 19. The zero-order valence-corrected chi connectivity index (χ0v) is 61.1. The van der Waals surface area contributed by atoms with Gasteiger partial charge in [-0.15, -0.1) is 0 Å².